The van der Waals surface area contributed by atoms with Gasteiger partial charge in [-0.2, -0.15) is 0 Å². The number of hydrogen-bond donors (Lipinski definition) is 1. The summed E-state index contributed by atoms with van der Waals surface area (Å²) in [6.45, 7) is 3.72. The van der Waals surface area contributed by atoms with Crippen molar-refractivity contribution in [1.82, 2.24) is 4.90 Å². The molecule has 0 saturated heterocycles. The topological polar surface area (TPSA) is 52.9 Å². The normalized spacial score (nSPS) is 17.5. The predicted octanol–water partition coefficient (Wildman–Crippen LogP) is 6.96. The molecular weight excluding hydrogens is 486 g/mol. The molecule has 30 heavy (non-hydrogen) atoms. The lowest BCUT2D eigenvalue weighted by Crippen LogP contribution is -2.33. The fraction of sp³-hybridized carbons (Fsp3) is 0.143. The molecule has 0 fully saturated rings. The van der Waals surface area contributed by atoms with Crippen LogP contribution in [-0.2, 0) is 4.79 Å². The monoisotopic (exact) mass is 502 g/mol. The van der Waals surface area contributed by atoms with Crippen LogP contribution in [-0.4, -0.2) is 21.1 Å². The lowest BCUT2D eigenvalue weighted by Gasteiger charge is -2.33. The predicted molar refractivity (Wildman–Crippen MR) is 130 cm³/mol. The average molecular weight is 504 g/mol. The van der Waals surface area contributed by atoms with E-state index in [0.29, 0.717) is 20.9 Å². The van der Waals surface area contributed by atoms with Crippen molar-refractivity contribution in [3.8, 4) is 0 Å². The van der Waals surface area contributed by atoms with E-state index in [1.807, 2.05) is 42.3 Å². The molecule has 1 N–H and O–H groups in total. The molecule has 0 aliphatic carbocycles. The van der Waals surface area contributed by atoms with Crippen molar-refractivity contribution in [1.29, 1.82) is 0 Å². The second kappa shape index (κ2) is 9.67. The molecule has 0 spiro atoms. The summed E-state index contributed by atoms with van der Waals surface area (Å²) in [5.74, 6) is -0.976. The maximum absolute atomic E-state index is 12.1. The van der Waals surface area contributed by atoms with Crippen LogP contribution in [0.1, 0.15) is 29.7 Å². The number of aliphatic carboxylic acids is 1. The number of aryl methyl sites for hydroxylation is 1. The Balaban J connectivity index is 0.00000160. The van der Waals surface area contributed by atoms with Crippen LogP contribution >= 0.6 is 59.8 Å². The maximum Gasteiger partial charge on any atom is 0.335 e. The van der Waals surface area contributed by atoms with Gasteiger partial charge in [0.05, 0.1) is 27.4 Å². The van der Waals surface area contributed by atoms with Crippen LogP contribution in [0.15, 0.2) is 64.9 Å². The van der Waals surface area contributed by atoms with Crippen molar-refractivity contribution in [2.75, 3.05) is 0 Å². The number of allylic oxidation sites excluding steroid dienone is 1. The first-order valence-corrected chi connectivity index (χ1v) is 10.2. The average Bonchev–Trinajstić information content (AvgIpc) is 3.03. The number of fused-ring (bicyclic) bond motifs is 1. The van der Waals surface area contributed by atoms with Crippen molar-refractivity contribution in [2.45, 2.75) is 19.9 Å². The summed E-state index contributed by atoms with van der Waals surface area (Å²) < 4.78 is 0. The lowest BCUT2D eigenvalue weighted by molar-refractivity contribution is -0.133. The Bertz CT molecular complexity index is 1080. The van der Waals surface area contributed by atoms with E-state index < -0.39 is 12.0 Å². The third-order valence-corrected chi connectivity index (χ3v) is 6.45. The van der Waals surface area contributed by atoms with Gasteiger partial charge in [0.2, 0.25) is 0 Å². The highest BCUT2D eigenvalue weighted by Crippen LogP contribution is 2.49. The molecule has 1 unspecified atom stereocenters. The minimum absolute atomic E-state index is 0. The van der Waals surface area contributed by atoms with Crippen LogP contribution in [0.4, 0.5) is 0 Å². The Morgan fingerprint density at radius 2 is 1.70 bits per heavy atom. The molecule has 0 amide bonds. The Morgan fingerprint density at radius 3 is 2.30 bits per heavy atom. The highest BCUT2D eigenvalue weighted by Gasteiger charge is 2.39. The van der Waals surface area contributed by atoms with Gasteiger partial charge in [-0.25, -0.2) is 9.79 Å². The van der Waals surface area contributed by atoms with Crippen LogP contribution in [0, 0.1) is 6.92 Å². The zero-order valence-electron chi connectivity index (χ0n) is 15.9. The van der Waals surface area contributed by atoms with Crippen LogP contribution < -0.4 is 0 Å². The van der Waals surface area contributed by atoms with Crippen molar-refractivity contribution < 1.29 is 9.90 Å². The summed E-state index contributed by atoms with van der Waals surface area (Å²) in [5, 5.41) is 11.7. The largest absolute Gasteiger partial charge is 0.478 e. The number of amidine groups is 1. The van der Waals surface area contributed by atoms with E-state index in [-0.39, 0.29) is 30.4 Å². The second-order valence-electron chi connectivity index (χ2n) is 6.56. The molecule has 9 heteroatoms. The number of carboxylic acid groups (broad SMARTS) is 1. The van der Waals surface area contributed by atoms with Gasteiger partial charge in [0.25, 0.3) is 0 Å². The molecule has 1 atom stereocenters. The van der Waals surface area contributed by atoms with Gasteiger partial charge in [-0.1, -0.05) is 53.5 Å². The molecule has 2 aromatic rings. The number of carboxylic acids is 1. The minimum Gasteiger partial charge on any atom is -0.478 e. The van der Waals surface area contributed by atoms with Crippen molar-refractivity contribution in [3.05, 3.63) is 86.7 Å². The zero-order valence-corrected chi connectivity index (χ0v) is 19.9. The van der Waals surface area contributed by atoms with Gasteiger partial charge in [-0.15, -0.1) is 24.8 Å². The Hall–Kier alpha value is -1.63. The number of benzene rings is 2. The fourth-order valence-electron chi connectivity index (χ4n) is 3.48. The molecule has 0 bridgehead atoms. The van der Waals surface area contributed by atoms with E-state index in [1.54, 1.807) is 25.1 Å². The minimum atomic E-state index is -0.976. The Kier molecular flexibility index (Phi) is 7.94. The van der Waals surface area contributed by atoms with Crippen LogP contribution in [0.3, 0.4) is 0 Å². The van der Waals surface area contributed by atoms with E-state index in [2.05, 4.69) is 4.99 Å². The molecule has 158 valence electrons. The van der Waals surface area contributed by atoms with E-state index in [0.717, 1.165) is 21.6 Å². The van der Waals surface area contributed by atoms with Gasteiger partial charge < -0.3 is 10.0 Å². The molecule has 2 aliphatic rings. The lowest BCUT2D eigenvalue weighted by atomic mass is 9.92. The smallest absolute Gasteiger partial charge is 0.335 e. The summed E-state index contributed by atoms with van der Waals surface area (Å²) in [6.07, 6.45) is 1.89. The third-order valence-electron chi connectivity index (χ3n) is 4.81. The number of nitrogens with zero attached hydrogens (tertiary/aromatic N) is 2. The van der Waals surface area contributed by atoms with E-state index >= 15 is 0 Å². The second-order valence-corrected chi connectivity index (χ2v) is 8.38. The molecule has 2 heterocycles. The van der Waals surface area contributed by atoms with E-state index in [4.69, 9.17) is 23.2 Å². The summed E-state index contributed by atoms with van der Waals surface area (Å²) in [4.78, 5) is 19.4. The van der Waals surface area contributed by atoms with Crippen LogP contribution in [0.2, 0.25) is 10.0 Å². The molecule has 0 saturated carbocycles. The first kappa shape index (κ1) is 24.6. The number of halogens is 4. The fourth-order valence-corrected chi connectivity index (χ4v) is 5.33. The number of hydrogen-bond acceptors (Lipinski definition) is 4. The number of thioether (sulfide) groups is 1. The molecule has 4 nitrogen and oxygen atoms in total. The highest BCUT2D eigenvalue weighted by molar-refractivity contribution is 8.22. The maximum atomic E-state index is 12.1. The SMILES string of the molecule is CC1=C(C(=O)O)C(c2ccccc2C)N2C=C(c3c(Cl)cccc3Cl)SC2=N1.Cl.Cl. The molecule has 2 aliphatic heterocycles. The Labute approximate surface area is 201 Å². The number of rotatable bonds is 3. The summed E-state index contributed by atoms with van der Waals surface area (Å²) >= 11 is 14.2. The van der Waals surface area contributed by atoms with Crippen molar-refractivity contribution >= 4 is 75.8 Å². The quantitative estimate of drug-likeness (QED) is 0.491. The molecule has 0 aromatic heterocycles. The summed E-state index contributed by atoms with van der Waals surface area (Å²) in [7, 11) is 0. The van der Waals surface area contributed by atoms with Gasteiger partial charge >= 0.3 is 5.97 Å². The molecule has 0 radical (unpaired) electrons. The summed E-state index contributed by atoms with van der Waals surface area (Å²) in [6, 6.07) is 12.7. The molecule has 2 aromatic carbocycles. The van der Waals surface area contributed by atoms with Gasteiger partial charge in [-0.3, -0.25) is 0 Å². The van der Waals surface area contributed by atoms with Crippen molar-refractivity contribution in [3.63, 3.8) is 0 Å². The van der Waals surface area contributed by atoms with Crippen LogP contribution in [0.25, 0.3) is 4.91 Å². The van der Waals surface area contributed by atoms with Gasteiger partial charge in [0, 0.05) is 16.7 Å². The third kappa shape index (κ3) is 4.23. The van der Waals surface area contributed by atoms with Crippen LogP contribution in [0.5, 0.6) is 0 Å². The Morgan fingerprint density at radius 1 is 1.07 bits per heavy atom. The van der Waals surface area contributed by atoms with Gasteiger partial charge in [0.1, 0.15) is 0 Å². The van der Waals surface area contributed by atoms with E-state index in [1.165, 1.54) is 11.8 Å². The molecule has 4 rings (SSSR count). The first-order valence-electron chi connectivity index (χ1n) is 8.59. The first-order chi connectivity index (χ1) is 13.4. The number of carbonyl (C=O) groups is 1. The standard InChI is InChI=1S/C21H16Cl2N2O2S.2ClH/c1-11-6-3-4-7-13(11)19-17(20(26)27)12(2)24-21-25(19)10-16(28-21)18-14(22)8-5-9-15(18)23;;/h3-10,19H,1-2H3,(H,26,27);2*1H. The summed E-state index contributed by atoms with van der Waals surface area (Å²) in [5.41, 5.74) is 3.43. The zero-order chi connectivity index (χ0) is 20.0. The highest BCUT2D eigenvalue weighted by atomic mass is 35.5. The van der Waals surface area contributed by atoms with Gasteiger partial charge in [-0.05, 0) is 48.9 Å². The van der Waals surface area contributed by atoms with Gasteiger partial charge in [0.15, 0.2) is 5.17 Å². The van der Waals surface area contributed by atoms with Crippen molar-refractivity contribution in [2.24, 2.45) is 4.99 Å². The molecular formula is C21H18Cl4N2O2S. The van der Waals surface area contributed by atoms with E-state index in [9.17, 15) is 9.90 Å². The number of aliphatic imine (C=N–C) groups is 1.